The van der Waals surface area contributed by atoms with Gasteiger partial charge in [0.15, 0.2) is 0 Å². The SMILES string of the molecule is CCNC(=O)N(CCc1ccc(Cl)cc1Cl)Cc1ccc(F)cc1. The summed E-state index contributed by atoms with van der Waals surface area (Å²) in [7, 11) is 0. The molecule has 0 aliphatic heterocycles. The average molecular weight is 369 g/mol. The third kappa shape index (κ3) is 5.39. The second-order valence-corrected chi connectivity index (χ2v) is 6.21. The van der Waals surface area contributed by atoms with Crippen LogP contribution in [0.4, 0.5) is 9.18 Å². The minimum atomic E-state index is -0.295. The van der Waals surface area contributed by atoms with E-state index < -0.39 is 0 Å². The van der Waals surface area contributed by atoms with Crippen LogP contribution in [0, 0.1) is 5.82 Å². The Balaban J connectivity index is 2.07. The standard InChI is InChI=1S/C18H19Cl2FN2O/c1-2-22-18(24)23(12-13-3-7-16(21)8-4-13)10-9-14-5-6-15(19)11-17(14)20/h3-8,11H,2,9-10,12H2,1H3,(H,22,24). The summed E-state index contributed by atoms with van der Waals surface area (Å²) in [6.07, 6.45) is 0.605. The number of benzene rings is 2. The number of carbonyl (C=O) groups is 1. The summed E-state index contributed by atoms with van der Waals surface area (Å²) in [5, 5.41) is 3.96. The lowest BCUT2D eigenvalue weighted by atomic mass is 10.1. The molecular weight excluding hydrogens is 350 g/mol. The molecule has 2 rings (SSSR count). The highest BCUT2D eigenvalue weighted by molar-refractivity contribution is 6.35. The first-order chi connectivity index (χ1) is 11.5. The van der Waals surface area contributed by atoms with Crippen molar-refractivity contribution in [2.45, 2.75) is 19.9 Å². The third-order valence-electron chi connectivity index (χ3n) is 3.57. The number of hydrogen-bond donors (Lipinski definition) is 1. The van der Waals surface area contributed by atoms with Crippen LogP contribution >= 0.6 is 23.2 Å². The van der Waals surface area contributed by atoms with E-state index in [1.165, 1.54) is 12.1 Å². The summed E-state index contributed by atoms with van der Waals surface area (Å²) < 4.78 is 13.0. The minimum Gasteiger partial charge on any atom is -0.338 e. The van der Waals surface area contributed by atoms with Gasteiger partial charge in [-0.15, -0.1) is 0 Å². The van der Waals surface area contributed by atoms with Crippen molar-refractivity contribution >= 4 is 29.2 Å². The van der Waals surface area contributed by atoms with E-state index in [2.05, 4.69) is 5.32 Å². The first kappa shape index (κ1) is 18.6. The maximum atomic E-state index is 13.0. The quantitative estimate of drug-likeness (QED) is 0.771. The van der Waals surface area contributed by atoms with Gasteiger partial charge in [0.1, 0.15) is 5.82 Å². The topological polar surface area (TPSA) is 32.3 Å². The van der Waals surface area contributed by atoms with Crippen molar-refractivity contribution in [3.05, 3.63) is 69.5 Å². The van der Waals surface area contributed by atoms with E-state index in [4.69, 9.17) is 23.2 Å². The zero-order valence-electron chi connectivity index (χ0n) is 13.4. The third-order valence-corrected chi connectivity index (χ3v) is 4.16. The van der Waals surface area contributed by atoms with Gasteiger partial charge in [0.2, 0.25) is 0 Å². The zero-order chi connectivity index (χ0) is 17.5. The predicted molar refractivity (Wildman–Crippen MR) is 96.0 cm³/mol. The van der Waals surface area contributed by atoms with Gasteiger partial charge in [0.05, 0.1) is 0 Å². The molecule has 0 aliphatic carbocycles. The van der Waals surface area contributed by atoms with Gasteiger partial charge in [-0.05, 0) is 48.7 Å². The second kappa shape index (κ2) is 8.90. The Morgan fingerprint density at radius 1 is 1.17 bits per heavy atom. The van der Waals surface area contributed by atoms with Gasteiger partial charge in [0.25, 0.3) is 0 Å². The molecule has 1 N–H and O–H groups in total. The molecule has 0 bridgehead atoms. The highest BCUT2D eigenvalue weighted by Gasteiger charge is 2.14. The van der Waals surface area contributed by atoms with Crippen LogP contribution < -0.4 is 5.32 Å². The van der Waals surface area contributed by atoms with E-state index in [1.54, 1.807) is 29.2 Å². The highest BCUT2D eigenvalue weighted by atomic mass is 35.5. The molecule has 2 amide bonds. The van der Waals surface area contributed by atoms with Crippen LogP contribution in [0.2, 0.25) is 10.0 Å². The largest absolute Gasteiger partial charge is 0.338 e. The van der Waals surface area contributed by atoms with Crippen LogP contribution in [0.3, 0.4) is 0 Å². The van der Waals surface area contributed by atoms with E-state index >= 15 is 0 Å². The lowest BCUT2D eigenvalue weighted by Gasteiger charge is -2.23. The van der Waals surface area contributed by atoms with E-state index in [1.807, 2.05) is 13.0 Å². The first-order valence-corrected chi connectivity index (χ1v) is 8.46. The molecule has 6 heteroatoms. The molecule has 0 unspecified atom stereocenters. The fourth-order valence-electron chi connectivity index (χ4n) is 2.31. The lowest BCUT2D eigenvalue weighted by Crippen LogP contribution is -2.40. The monoisotopic (exact) mass is 368 g/mol. The number of carbonyl (C=O) groups excluding carboxylic acids is 1. The molecular formula is C18H19Cl2FN2O. The summed E-state index contributed by atoms with van der Waals surface area (Å²) in [6, 6.07) is 11.3. The Morgan fingerprint density at radius 2 is 1.88 bits per heavy atom. The summed E-state index contributed by atoms with van der Waals surface area (Å²) in [6.45, 7) is 3.30. The molecule has 3 nitrogen and oxygen atoms in total. The molecule has 0 atom stereocenters. The van der Waals surface area contributed by atoms with Crippen LogP contribution in [-0.4, -0.2) is 24.0 Å². The van der Waals surface area contributed by atoms with E-state index in [-0.39, 0.29) is 11.8 Å². The molecule has 2 aromatic carbocycles. The summed E-state index contributed by atoms with van der Waals surface area (Å²) >= 11 is 12.1. The van der Waals surface area contributed by atoms with E-state index in [9.17, 15) is 9.18 Å². The first-order valence-electron chi connectivity index (χ1n) is 7.70. The molecule has 2 aromatic rings. The van der Waals surface area contributed by atoms with E-state index in [0.717, 1.165) is 11.1 Å². The number of hydrogen-bond acceptors (Lipinski definition) is 1. The van der Waals surface area contributed by atoms with Gasteiger partial charge in [-0.2, -0.15) is 0 Å². The van der Waals surface area contributed by atoms with Gasteiger partial charge in [-0.1, -0.05) is 41.4 Å². The number of urea groups is 1. The van der Waals surface area contributed by atoms with Crippen molar-refractivity contribution in [3.63, 3.8) is 0 Å². The van der Waals surface area contributed by atoms with Gasteiger partial charge in [0, 0.05) is 29.7 Å². The molecule has 0 saturated heterocycles. The Kier molecular flexibility index (Phi) is 6.88. The fourth-order valence-corrected chi connectivity index (χ4v) is 2.81. The van der Waals surface area contributed by atoms with Crippen molar-refractivity contribution in [1.29, 1.82) is 0 Å². The Bertz CT molecular complexity index is 692. The average Bonchev–Trinajstić information content (AvgIpc) is 2.55. The fraction of sp³-hybridized carbons (Fsp3) is 0.278. The van der Waals surface area contributed by atoms with Crippen LogP contribution in [-0.2, 0) is 13.0 Å². The molecule has 0 spiro atoms. The number of nitrogens with zero attached hydrogens (tertiary/aromatic N) is 1. The zero-order valence-corrected chi connectivity index (χ0v) is 14.9. The smallest absolute Gasteiger partial charge is 0.317 e. The number of nitrogens with one attached hydrogen (secondary N) is 1. The van der Waals surface area contributed by atoms with Crippen molar-refractivity contribution in [3.8, 4) is 0 Å². The van der Waals surface area contributed by atoms with Gasteiger partial charge >= 0.3 is 6.03 Å². The van der Waals surface area contributed by atoms with Crippen LogP contribution in [0.15, 0.2) is 42.5 Å². The number of amides is 2. The molecule has 0 heterocycles. The minimum absolute atomic E-state index is 0.160. The molecule has 0 radical (unpaired) electrons. The summed E-state index contributed by atoms with van der Waals surface area (Å²) in [5.74, 6) is -0.295. The second-order valence-electron chi connectivity index (χ2n) is 5.37. The maximum absolute atomic E-state index is 13.0. The lowest BCUT2D eigenvalue weighted by molar-refractivity contribution is 0.196. The normalized spacial score (nSPS) is 10.5. The summed E-state index contributed by atoms with van der Waals surface area (Å²) in [4.78, 5) is 13.9. The summed E-state index contributed by atoms with van der Waals surface area (Å²) in [5.41, 5.74) is 1.79. The number of rotatable bonds is 6. The Morgan fingerprint density at radius 3 is 2.50 bits per heavy atom. The number of halogens is 3. The van der Waals surface area contributed by atoms with Gasteiger partial charge in [-0.25, -0.2) is 9.18 Å². The van der Waals surface area contributed by atoms with Crippen LogP contribution in [0.25, 0.3) is 0 Å². The molecule has 0 aromatic heterocycles. The molecule has 24 heavy (non-hydrogen) atoms. The maximum Gasteiger partial charge on any atom is 0.317 e. The van der Waals surface area contributed by atoms with Crippen LogP contribution in [0.1, 0.15) is 18.1 Å². The van der Waals surface area contributed by atoms with Crippen molar-refractivity contribution in [2.75, 3.05) is 13.1 Å². The Labute approximate surface area is 151 Å². The molecule has 0 fully saturated rings. The van der Waals surface area contributed by atoms with Crippen molar-refractivity contribution in [2.24, 2.45) is 0 Å². The molecule has 0 saturated carbocycles. The van der Waals surface area contributed by atoms with Crippen LogP contribution in [0.5, 0.6) is 0 Å². The van der Waals surface area contributed by atoms with E-state index in [0.29, 0.717) is 36.1 Å². The highest BCUT2D eigenvalue weighted by Crippen LogP contribution is 2.21. The molecule has 0 aliphatic rings. The van der Waals surface area contributed by atoms with Gasteiger partial charge in [-0.3, -0.25) is 0 Å². The van der Waals surface area contributed by atoms with Crippen molar-refractivity contribution < 1.29 is 9.18 Å². The Hall–Kier alpha value is -1.78. The van der Waals surface area contributed by atoms with Gasteiger partial charge < -0.3 is 10.2 Å². The van der Waals surface area contributed by atoms with Crippen molar-refractivity contribution in [1.82, 2.24) is 10.2 Å². The predicted octanol–water partition coefficient (Wildman–Crippen LogP) is 4.91. The molecule has 128 valence electrons.